The van der Waals surface area contributed by atoms with Crippen molar-refractivity contribution in [3.05, 3.63) is 90.9 Å². The van der Waals surface area contributed by atoms with Gasteiger partial charge in [-0.15, -0.1) is 0 Å². The summed E-state index contributed by atoms with van der Waals surface area (Å²) in [5, 5.41) is 5.55. The number of allylic oxidation sites excluding steroid dienone is 10. The van der Waals surface area contributed by atoms with Crippen molar-refractivity contribution in [2.24, 2.45) is 0 Å². The van der Waals surface area contributed by atoms with Crippen LogP contribution in [0, 0.1) is 0 Å². The van der Waals surface area contributed by atoms with Crippen LogP contribution in [0.3, 0.4) is 0 Å². The number of nitrogens with zero attached hydrogens (tertiary/aromatic N) is 1. The zero-order valence-corrected chi connectivity index (χ0v) is 23.1. The summed E-state index contributed by atoms with van der Waals surface area (Å²) in [7, 11) is 0. The Labute approximate surface area is 229 Å². The zero-order valence-electron chi connectivity index (χ0n) is 23.1. The third-order valence-electron chi connectivity index (χ3n) is 5.60. The Kier molecular flexibility index (Phi) is 19.4. The minimum absolute atomic E-state index is 0.0354. The molecule has 6 nitrogen and oxygen atoms in total. The summed E-state index contributed by atoms with van der Waals surface area (Å²) < 4.78 is 0. The monoisotopic (exact) mass is 519 g/mol. The summed E-state index contributed by atoms with van der Waals surface area (Å²) in [6.45, 7) is 4.24. The van der Waals surface area contributed by atoms with Crippen LogP contribution in [0.25, 0.3) is 0 Å². The molecule has 6 heteroatoms. The first-order valence-corrected chi connectivity index (χ1v) is 13.8. The lowest BCUT2D eigenvalue weighted by Crippen LogP contribution is -2.38. The molecule has 0 bridgehead atoms. The van der Waals surface area contributed by atoms with Crippen LogP contribution in [0.15, 0.2) is 85.3 Å². The molecule has 0 aliphatic rings. The van der Waals surface area contributed by atoms with Gasteiger partial charge in [-0.2, -0.15) is 0 Å². The molecule has 0 saturated carbocycles. The molecule has 1 aromatic rings. The van der Waals surface area contributed by atoms with Crippen molar-refractivity contribution in [3.63, 3.8) is 0 Å². The largest absolute Gasteiger partial charge is 0.352 e. The number of unbranched alkanes of at least 4 members (excludes halogenated alkanes) is 1. The summed E-state index contributed by atoms with van der Waals surface area (Å²) in [5.74, 6) is -0.353. The first kappa shape index (κ1) is 32.5. The maximum atomic E-state index is 12.3. The Morgan fingerprint density at radius 2 is 1.45 bits per heavy atom. The molecule has 0 spiro atoms. The van der Waals surface area contributed by atoms with Gasteiger partial charge in [-0.05, 0) is 70.4 Å². The van der Waals surface area contributed by atoms with Crippen LogP contribution in [0.5, 0.6) is 0 Å². The van der Waals surface area contributed by atoms with E-state index >= 15 is 0 Å². The van der Waals surface area contributed by atoms with Crippen LogP contribution in [0.4, 0.5) is 0 Å². The molecule has 206 valence electrons. The van der Waals surface area contributed by atoms with Gasteiger partial charge in [0.2, 0.25) is 5.91 Å². The van der Waals surface area contributed by atoms with E-state index in [1.54, 1.807) is 25.3 Å². The van der Waals surface area contributed by atoms with E-state index in [9.17, 15) is 14.4 Å². The number of pyridine rings is 1. The van der Waals surface area contributed by atoms with Crippen molar-refractivity contribution in [3.8, 4) is 0 Å². The van der Waals surface area contributed by atoms with Crippen molar-refractivity contribution in [1.82, 2.24) is 15.6 Å². The van der Waals surface area contributed by atoms with E-state index in [1.165, 1.54) is 6.20 Å². The second-order valence-electron chi connectivity index (χ2n) is 8.96. The van der Waals surface area contributed by atoms with E-state index in [4.69, 9.17) is 0 Å². The summed E-state index contributed by atoms with van der Waals surface area (Å²) >= 11 is 0. The fourth-order valence-electron chi connectivity index (χ4n) is 3.42. The van der Waals surface area contributed by atoms with Gasteiger partial charge >= 0.3 is 0 Å². The van der Waals surface area contributed by atoms with Crippen molar-refractivity contribution in [2.45, 2.75) is 84.1 Å². The van der Waals surface area contributed by atoms with Crippen LogP contribution >= 0.6 is 0 Å². The lowest BCUT2D eigenvalue weighted by molar-refractivity contribution is -0.127. The van der Waals surface area contributed by atoms with E-state index in [0.29, 0.717) is 31.4 Å². The minimum atomic E-state index is -0.523. The molecule has 0 aromatic carbocycles. The molecular weight excluding hydrogens is 474 g/mol. The fourth-order valence-corrected chi connectivity index (χ4v) is 3.42. The van der Waals surface area contributed by atoms with Crippen LogP contribution in [0.1, 0.15) is 88.4 Å². The van der Waals surface area contributed by atoms with Crippen LogP contribution in [0.2, 0.25) is 0 Å². The van der Waals surface area contributed by atoms with Crippen molar-refractivity contribution >= 4 is 17.6 Å². The zero-order chi connectivity index (χ0) is 27.7. The Hall–Kier alpha value is -3.54. The first-order chi connectivity index (χ1) is 18.5. The molecule has 2 N–H and O–H groups in total. The van der Waals surface area contributed by atoms with Crippen LogP contribution in [-0.4, -0.2) is 35.2 Å². The predicted molar refractivity (Wildman–Crippen MR) is 157 cm³/mol. The standard InChI is InChI=1S/C32H45N3O3/c1-3-4-5-6-7-8-9-10-11-12-13-14-15-16-17-18-19-24-31(37)35-28(2)30(36)23-21-26-34-32(38)29-22-20-25-33-27-29/h4-5,7-8,10-11,13-14,16-17,20,22,25,27-28H,3,6,9,12,15,18-19,21,23-24,26H2,1-2H3,(H,34,38)(H,35,37)/b5-4-,8-7-,11-10-,14-13-,17-16-/t28-/m0/s1. The molecule has 1 aromatic heterocycles. The number of hydrogen-bond donors (Lipinski definition) is 2. The van der Waals surface area contributed by atoms with E-state index in [-0.39, 0.29) is 17.6 Å². The highest BCUT2D eigenvalue weighted by Gasteiger charge is 2.15. The van der Waals surface area contributed by atoms with Gasteiger partial charge in [-0.1, -0.05) is 67.7 Å². The SMILES string of the molecule is CC/C=C\C/C=C\C/C=C\C/C=C\C/C=C\CCCC(=O)N[C@@H](C)C(=O)CCCNC(=O)c1cccnc1. The molecule has 0 fully saturated rings. The third kappa shape index (κ3) is 17.8. The van der Waals surface area contributed by atoms with E-state index in [0.717, 1.165) is 44.9 Å². The first-order valence-electron chi connectivity index (χ1n) is 13.8. The summed E-state index contributed by atoms with van der Waals surface area (Å²) in [5.41, 5.74) is 0.490. The number of amides is 2. The van der Waals surface area contributed by atoms with Gasteiger partial charge in [0.1, 0.15) is 0 Å². The average molecular weight is 520 g/mol. The lowest BCUT2D eigenvalue weighted by atomic mass is 10.1. The second-order valence-corrected chi connectivity index (χ2v) is 8.96. The number of aromatic nitrogens is 1. The fraction of sp³-hybridized carbons (Fsp3) is 0.438. The maximum absolute atomic E-state index is 12.3. The Morgan fingerprint density at radius 1 is 0.842 bits per heavy atom. The van der Waals surface area contributed by atoms with Gasteiger partial charge in [0.15, 0.2) is 5.78 Å². The molecular formula is C32H45N3O3. The molecule has 38 heavy (non-hydrogen) atoms. The molecule has 0 aliphatic heterocycles. The van der Waals surface area contributed by atoms with Gasteiger partial charge in [-0.25, -0.2) is 0 Å². The molecule has 0 radical (unpaired) electrons. The molecule has 0 saturated heterocycles. The van der Waals surface area contributed by atoms with E-state index < -0.39 is 6.04 Å². The van der Waals surface area contributed by atoms with Crippen LogP contribution in [-0.2, 0) is 9.59 Å². The Balaban J connectivity index is 2.04. The average Bonchev–Trinajstić information content (AvgIpc) is 2.93. The Bertz CT molecular complexity index is 946. The maximum Gasteiger partial charge on any atom is 0.252 e. The number of carbonyl (C=O) groups excluding carboxylic acids is 3. The second kappa shape index (κ2) is 22.6. The molecule has 0 aliphatic carbocycles. The highest BCUT2D eigenvalue weighted by Crippen LogP contribution is 2.02. The van der Waals surface area contributed by atoms with Gasteiger partial charge in [-0.3, -0.25) is 19.4 Å². The number of ketones is 1. The normalized spacial score (nSPS) is 12.8. The highest BCUT2D eigenvalue weighted by atomic mass is 16.2. The van der Waals surface area contributed by atoms with Crippen molar-refractivity contribution in [2.75, 3.05) is 6.54 Å². The number of carbonyl (C=O) groups is 3. The van der Waals surface area contributed by atoms with E-state index in [2.05, 4.69) is 83.3 Å². The van der Waals surface area contributed by atoms with Gasteiger partial charge < -0.3 is 10.6 Å². The number of hydrogen-bond acceptors (Lipinski definition) is 4. The number of Topliss-reactive ketones (excluding diaryl/α,β-unsaturated/α-hetero) is 1. The molecule has 0 unspecified atom stereocenters. The minimum Gasteiger partial charge on any atom is -0.352 e. The topological polar surface area (TPSA) is 88.2 Å². The molecule has 1 rings (SSSR count). The predicted octanol–water partition coefficient (Wildman–Crippen LogP) is 6.59. The number of rotatable bonds is 20. The van der Waals surface area contributed by atoms with Crippen LogP contribution < -0.4 is 10.6 Å². The third-order valence-corrected chi connectivity index (χ3v) is 5.60. The summed E-state index contributed by atoms with van der Waals surface area (Å²) in [4.78, 5) is 40.3. The van der Waals surface area contributed by atoms with Gasteiger partial charge in [0, 0.05) is 31.8 Å². The number of nitrogens with one attached hydrogen (secondary N) is 2. The molecule has 1 atom stereocenters. The van der Waals surface area contributed by atoms with Gasteiger partial charge in [0.05, 0.1) is 11.6 Å². The molecule has 2 amide bonds. The lowest BCUT2D eigenvalue weighted by Gasteiger charge is -2.13. The Morgan fingerprint density at radius 3 is 2.03 bits per heavy atom. The summed E-state index contributed by atoms with van der Waals surface area (Å²) in [6.07, 6.45) is 32.5. The smallest absolute Gasteiger partial charge is 0.252 e. The quantitative estimate of drug-likeness (QED) is 0.150. The summed E-state index contributed by atoms with van der Waals surface area (Å²) in [6, 6.07) is 2.86. The van der Waals surface area contributed by atoms with Crippen molar-refractivity contribution < 1.29 is 14.4 Å². The van der Waals surface area contributed by atoms with Gasteiger partial charge in [0.25, 0.3) is 5.91 Å². The van der Waals surface area contributed by atoms with E-state index in [1.807, 2.05) is 0 Å². The highest BCUT2D eigenvalue weighted by molar-refractivity contribution is 5.93. The van der Waals surface area contributed by atoms with Crippen molar-refractivity contribution in [1.29, 1.82) is 0 Å². The molecule has 1 heterocycles.